The lowest BCUT2D eigenvalue weighted by Gasteiger charge is -2.19. The molecule has 0 unspecified atom stereocenters. The molecule has 2 N–H and O–H groups in total. The molecule has 0 saturated heterocycles. The first-order valence-corrected chi connectivity index (χ1v) is 6.41. The van der Waals surface area contributed by atoms with Crippen LogP contribution in [-0.2, 0) is 11.3 Å². The van der Waals surface area contributed by atoms with E-state index in [0.29, 0.717) is 9.94 Å². The van der Waals surface area contributed by atoms with Crippen LogP contribution < -0.4 is 10.1 Å². The van der Waals surface area contributed by atoms with E-state index in [2.05, 4.69) is 5.32 Å². The number of carbonyl (C=O) groups is 2. The largest absolute Gasteiger partial charge is 0.487 e. The van der Waals surface area contributed by atoms with Crippen LogP contribution in [0.3, 0.4) is 0 Å². The summed E-state index contributed by atoms with van der Waals surface area (Å²) in [4.78, 5) is 23.1. The third-order valence-electron chi connectivity index (χ3n) is 1.97. The van der Waals surface area contributed by atoms with Crippen molar-refractivity contribution >= 4 is 23.4 Å². The van der Waals surface area contributed by atoms with Gasteiger partial charge in [0, 0.05) is 4.88 Å². The molecule has 7 heteroatoms. The maximum atomic E-state index is 11.5. The van der Waals surface area contributed by atoms with Crippen molar-refractivity contribution in [3.8, 4) is 5.06 Å². The van der Waals surface area contributed by atoms with Crippen LogP contribution >= 0.6 is 11.3 Å². The lowest BCUT2D eigenvalue weighted by Crippen LogP contribution is -2.31. The van der Waals surface area contributed by atoms with Gasteiger partial charge in [-0.25, -0.2) is 9.59 Å². The first-order valence-electron chi connectivity index (χ1n) is 5.60. The molecule has 0 aliphatic rings. The number of carboxylic acid groups (broad SMARTS) is 1. The van der Waals surface area contributed by atoms with E-state index in [9.17, 15) is 9.59 Å². The van der Waals surface area contributed by atoms with Crippen LogP contribution in [0.15, 0.2) is 6.07 Å². The fourth-order valence-electron chi connectivity index (χ4n) is 1.28. The van der Waals surface area contributed by atoms with Crippen LogP contribution in [0.25, 0.3) is 0 Å². The summed E-state index contributed by atoms with van der Waals surface area (Å²) in [5, 5.41) is 11.8. The Balaban J connectivity index is 2.64. The van der Waals surface area contributed by atoms with Crippen molar-refractivity contribution in [1.82, 2.24) is 5.32 Å². The molecule has 0 spiro atoms. The molecule has 19 heavy (non-hydrogen) atoms. The van der Waals surface area contributed by atoms with E-state index in [4.69, 9.17) is 14.6 Å². The quantitative estimate of drug-likeness (QED) is 0.888. The Morgan fingerprint density at radius 3 is 2.47 bits per heavy atom. The van der Waals surface area contributed by atoms with Gasteiger partial charge in [-0.05, 0) is 26.8 Å². The molecule has 106 valence electrons. The Bertz CT molecular complexity index is 475. The predicted octanol–water partition coefficient (Wildman–Crippen LogP) is 2.48. The molecule has 1 rings (SSSR count). The Hall–Kier alpha value is -1.76. The molecule has 6 nitrogen and oxygen atoms in total. The second kappa shape index (κ2) is 5.92. The summed E-state index contributed by atoms with van der Waals surface area (Å²) >= 11 is 1.17. The molecule has 0 radical (unpaired) electrons. The summed E-state index contributed by atoms with van der Waals surface area (Å²) in [7, 11) is 1.41. The molecule has 1 aromatic rings. The van der Waals surface area contributed by atoms with Crippen molar-refractivity contribution in [3.63, 3.8) is 0 Å². The summed E-state index contributed by atoms with van der Waals surface area (Å²) < 4.78 is 10.0. The van der Waals surface area contributed by atoms with Crippen LogP contribution in [0.2, 0.25) is 0 Å². The average molecular weight is 287 g/mol. The standard InChI is InChI=1S/C12H17NO5S/c1-12(2,3)18-11(16)13-6-7-5-8(9(14)15)10(17-4)19-7/h5H,6H2,1-4H3,(H,13,16)(H,14,15). The Labute approximate surface area is 115 Å². The van der Waals surface area contributed by atoms with Crippen LogP contribution in [0.1, 0.15) is 36.0 Å². The molecule has 0 fully saturated rings. The van der Waals surface area contributed by atoms with Crippen molar-refractivity contribution in [3.05, 3.63) is 16.5 Å². The molecular formula is C12H17NO5S. The van der Waals surface area contributed by atoms with Gasteiger partial charge in [0.15, 0.2) is 5.06 Å². The zero-order chi connectivity index (χ0) is 14.6. The summed E-state index contributed by atoms with van der Waals surface area (Å²) in [6.07, 6.45) is -0.545. The molecule has 0 aliphatic heterocycles. The molecule has 1 amide bonds. The number of methoxy groups -OCH3 is 1. The number of alkyl carbamates (subject to hydrolysis) is 1. The fourth-order valence-corrected chi connectivity index (χ4v) is 2.18. The number of ether oxygens (including phenoxy) is 2. The number of thiophene rings is 1. The lowest BCUT2D eigenvalue weighted by molar-refractivity contribution is 0.0523. The molecule has 0 bridgehead atoms. The van der Waals surface area contributed by atoms with E-state index >= 15 is 0 Å². The van der Waals surface area contributed by atoms with Crippen molar-refractivity contribution < 1.29 is 24.2 Å². The molecule has 1 heterocycles. The second-order valence-electron chi connectivity index (χ2n) is 4.78. The monoisotopic (exact) mass is 287 g/mol. The first-order chi connectivity index (χ1) is 8.73. The Morgan fingerprint density at radius 1 is 1.42 bits per heavy atom. The molecule has 0 saturated carbocycles. The highest BCUT2D eigenvalue weighted by atomic mass is 32.1. The van der Waals surface area contributed by atoms with Gasteiger partial charge in [-0.15, -0.1) is 11.3 Å². The number of aromatic carboxylic acids is 1. The molecular weight excluding hydrogens is 270 g/mol. The van der Waals surface area contributed by atoms with Crippen LogP contribution in [0.5, 0.6) is 5.06 Å². The van der Waals surface area contributed by atoms with Crippen molar-refractivity contribution in [2.75, 3.05) is 7.11 Å². The number of rotatable bonds is 4. The van der Waals surface area contributed by atoms with Crippen molar-refractivity contribution in [2.45, 2.75) is 32.9 Å². The summed E-state index contributed by atoms with van der Waals surface area (Å²) in [5.41, 5.74) is -0.475. The summed E-state index contributed by atoms with van der Waals surface area (Å²) in [6, 6.07) is 1.48. The van der Waals surface area contributed by atoms with Gasteiger partial charge in [0.2, 0.25) is 0 Å². The second-order valence-corrected chi connectivity index (χ2v) is 5.88. The van der Waals surface area contributed by atoms with Crippen LogP contribution in [0.4, 0.5) is 4.79 Å². The fraction of sp³-hybridized carbons (Fsp3) is 0.500. The highest BCUT2D eigenvalue weighted by molar-refractivity contribution is 7.14. The van der Waals surface area contributed by atoms with Gasteiger partial charge in [-0.1, -0.05) is 0 Å². The van der Waals surface area contributed by atoms with Crippen molar-refractivity contribution in [2.24, 2.45) is 0 Å². The first kappa shape index (κ1) is 15.3. The zero-order valence-electron chi connectivity index (χ0n) is 11.3. The van der Waals surface area contributed by atoms with E-state index in [-0.39, 0.29) is 12.1 Å². The maximum absolute atomic E-state index is 11.5. The van der Waals surface area contributed by atoms with E-state index in [1.54, 1.807) is 20.8 Å². The Kier molecular flexibility index (Phi) is 4.77. The van der Waals surface area contributed by atoms with Gasteiger partial charge in [-0.2, -0.15) is 0 Å². The lowest BCUT2D eigenvalue weighted by atomic mass is 10.2. The number of hydrogen-bond acceptors (Lipinski definition) is 5. The van der Waals surface area contributed by atoms with E-state index < -0.39 is 17.7 Å². The van der Waals surface area contributed by atoms with Gasteiger partial charge >= 0.3 is 12.1 Å². The van der Waals surface area contributed by atoms with Gasteiger partial charge in [-0.3, -0.25) is 0 Å². The Morgan fingerprint density at radius 2 is 2.05 bits per heavy atom. The highest BCUT2D eigenvalue weighted by Gasteiger charge is 2.18. The zero-order valence-corrected chi connectivity index (χ0v) is 12.1. The minimum absolute atomic E-state index is 0.0912. The van der Waals surface area contributed by atoms with Crippen LogP contribution in [0, 0.1) is 0 Å². The van der Waals surface area contributed by atoms with Gasteiger partial charge < -0.3 is 19.9 Å². The minimum atomic E-state index is -1.06. The number of amides is 1. The van der Waals surface area contributed by atoms with Crippen LogP contribution in [-0.4, -0.2) is 29.9 Å². The number of hydrogen-bond donors (Lipinski definition) is 2. The van der Waals surface area contributed by atoms with E-state index in [1.807, 2.05) is 0 Å². The minimum Gasteiger partial charge on any atom is -0.487 e. The molecule has 0 atom stereocenters. The SMILES string of the molecule is COc1sc(CNC(=O)OC(C)(C)C)cc1C(=O)O. The molecule has 0 aromatic carbocycles. The molecule has 1 aromatic heterocycles. The number of nitrogens with one attached hydrogen (secondary N) is 1. The summed E-state index contributed by atoms with van der Waals surface area (Å²) in [6.45, 7) is 5.50. The van der Waals surface area contributed by atoms with Gasteiger partial charge in [0.25, 0.3) is 0 Å². The smallest absolute Gasteiger partial charge is 0.407 e. The van der Waals surface area contributed by atoms with E-state index in [1.165, 1.54) is 24.5 Å². The third kappa shape index (κ3) is 4.78. The molecule has 0 aliphatic carbocycles. The predicted molar refractivity (Wildman–Crippen MR) is 70.9 cm³/mol. The third-order valence-corrected chi connectivity index (χ3v) is 3.07. The van der Waals surface area contributed by atoms with Gasteiger partial charge in [0.1, 0.15) is 11.2 Å². The number of carbonyl (C=O) groups excluding carboxylic acids is 1. The normalized spacial score (nSPS) is 10.9. The van der Waals surface area contributed by atoms with Crippen molar-refractivity contribution in [1.29, 1.82) is 0 Å². The summed E-state index contributed by atoms with van der Waals surface area (Å²) in [5.74, 6) is -1.06. The van der Waals surface area contributed by atoms with E-state index in [0.717, 1.165) is 0 Å². The maximum Gasteiger partial charge on any atom is 0.407 e. The highest BCUT2D eigenvalue weighted by Crippen LogP contribution is 2.30. The average Bonchev–Trinajstić information content (AvgIpc) is 2.67. The number of carboxylic acids is 1. The topological polar surface area (TPSA) is 84.9 Å². The van der Waals surface area contributed by atoms with Gasteiger partial charge in [0.05, 0.1) is 13.7 Å².